The number of carbonyl (C=O) groups excluding carboxylic acids is 1. The molecule has 128 valence electrons. The molecule has 1 heterocycles. The molecule has 0 bridgehead atoms. The minimum absolute atomic E-state index is 0.0234. The van der Waals surface area contributed by atoms with Gasteiger partial charge in [-0.2, -0.15) is 18.3 Å². The molecule has 0 unspecified atom stereocenters. The summed E-state index contributed by atoms with van der Waals surface area (Å²) in [7, 11) is 2.81. The quantitative estimate of drug-likeness (QED) is 0.933. The maximum atomic E-state index is 13.0. The lowest BCUT2D eigenvalue weighted by molar-refractivity contribution is -0.138. The van der Waals surface area contributed by atoms with Crippen molar-refractivity contribution in [3.05, 3.63) is 58.0 Å². The molecule has 0 spiro atoms. The van der Waals surface area contributed by atoms with E-state index in [1.54, 1.807) is 0 Å². The Balaban J connectivity index is 2.12. The van der Waals surface area contributed by atoms with Crippen LogP contribution in [0.1, 0.15) is 11.1 Å². The van der Waals surface area contributed by atoms with Crippen LogP contribution in [0.5, 0.6) is 0 Å². The van der Waals surface area contributed by atoms with Gasteiger partial charge in [-0.1, -0.05) is 18.2 Å². The third-order valence-corrected chi connectivity index (χ3v) is 3.30. The van der Waals surface area contributed by atoms with Crippen LogP contribution in [0.4, 0.5) is 23.7 Å². The number of hydrogen-bond donors (Lipinski definition) is 1. The first-order valence-electron chi connectivity index (χ1n) is 6.89. The van der Waals surface area contributed by atoms with Gasteiger partial charge in [-0.25, -0.2) is 9.48 Å². The molecule has 24 heavy (non-hydrogen) atoms. The van der Waals surface area contributed by atoms with Gasteiger partial charge in [0.05, 0.1) is 17.4 Å². The molecule has 0 fully saturated rings. The Morgan fingerprint density at radius 3 is 2.62 bits per heavy atom. The molecule has 2 amide bonds. The lowest BCUT2D eigenvalue weighted by atomic mass is 10.1. The van der Waals surface area contributed by atoms with Gasteiger partial charge in [0.15, 0.2) is 0 Å². The molecule has 0 radical (unpaired) electrons. The number of anilines is 1. The molecule has 0 saturated carbocycles. The van der Waals surface area contributed by atoms with Crippen LogP contribution in [-0.2, 0) is 19.8 Å². The van der Waals surface area contributed by atoms with Crippen molar-refractivity contribution in [3.8, 4) is 0 Å². The zero-order valence-corrected chi connectivity index (χ0v) is 13.0. The van der Waals surface area contributed by atoms with E-state index in [1.165, 1.54) is 44.6 Å². The Kier molecular flexibility index (Phi) is 4.91. The number of nitrogens with zero attached hydrogens (tertiary/aromatic N) is 3. The van der Waals surface area contributed by atoms with E-state index in [9.17, 15) is 22.8 Å². The largest absolute Gasteiger partial charge is 0.416 e. The third kappa shape index (κ3) is 4.12. The topological polar surface area (TPSA) is 67.2 Å². The summed E-state index contributed by atoms with van der Waals surface area (Å²) in [6.07, 6.45) is -3.22. The molecular weight excluding hydrogens is 325 g/mol. The molecule has 2 aromatic rings. The van der Waals surface area contributed by atoms with Crippen molar-refractivity contribution in [3.63, 3.8) is 0 Å². The highest BCUT2D eigenvalue weighted by molar-refractivity contribution is 5.88. The standard InChI is InChI=1S/C15H15F3N4O2/c1-21(9-10-5-3-4-6-12(10)15(16,17)18)14(24)20-11-7-13(23)22(2)19-8-11/h3-8H,9H2,1-2H3,(H,20,24). The lowest BCUT2D eigenvalue weighted by Crippen LogP contribution is -2.32. The minimum atomic E-state index is -4.50. The second-order valence-electron chi connectivity index (χ2n) is 5.15. The Hall–Kier alpha value is -2.84. The molecule has 0 aliphatic rings. The SMILES string of the molecule is CN(Cc1ccccc1C(F)(F)F)C(=O)Nc1cnn(C)c(=O)c1. The number of hydrogen-bond acceptors (Lipinski definition) is 3. The van der Waals surface area contributed by atoms with E-state index in [4.69, 9.17) is 0 Å². The van der Waals surface area contributed by atoms with Crippen LogP contribution in [0.3, 0.4) is 0 Å². The average molecular weight is 340 g/mol. The first-order chi connectivity index (χ1) is 11.2. The van der Waals surface area contributed by atoms with Crippen molar-refractivity contribution in [2.45, 2.75) is 12.7 Å². The van der Waals surface area contributed by atoms with Crippen molar-refractivity contribution in [1.82, 2.24) is 14.7 Å². The number of alkyl halides is 3. The molecular formula is C15H15F3N4O2. The summed E-state index contributed by atoms with van der Waals surface area (Å²) in [5, 5.41) is 6.16. The van der Waals surface area contributed by atoms with Gasteiger partial charge in [-0.3, -0.25) is 4.79 Å². The van der Waals surface area contributed by atoms with Crippen LogP contribution in [0.2, 0.25) is 0 Å². The average Bonchev–Trinajstić information content (AvgIpc) is 2.50. The molecule has 9 heteroatoms. The lowest BCUT2D eigenvalue weighted by Gasteiger charge is -2.20. The zero-order chi connectivity index (χ0) is 17.9. The van der Waals surface area contributed by atoms with Crippen LogP contribution in [0.25, 0.3) is 0 Å². The highest BCUT2D eigenvalue weighted by Crippen LogP contribution is 2.32. The van der Waals surface area contributed by atoms with Gasteiger partial charge in [-0.05, 0) is 11.6 Å². The predicted molar refractivity (Wildman–Crippen MR) is 81.4 cm³/mol. The maximum absolute atomic E-state index is 13.0. The van der Waals surface area contributed by atoms with Gasteiger partial charge in [0.2, 0.25) is 0 Å². The van der Waals surface area contributed by atoms with E-state index in [-0.39, 0.29) is 17.8 Å². The number of aromatic nitrogens is 2. The van der Waals surface area contributed by atoms with Crippen LogP contribution >= 0.6 is 0 Å². The number of urea groups is 1. The Morgan fingerprint density at radius 2 is 2.00 bits per heavy atom. The molecule has 0 atom stereocenters. The van der Waals surface area contributed by atoms with Crippen molar-refractivity contribution in [2.24, 2.45) is 7.05 Å². The second kappa shape index (κ2) is 6.73. The smallest absolute Gasteiger partial charge is 0.323 e. The molecule has 0 aliphatic heterocycles. The monoisotopic (exact) mass is 340 g/mol. The maximum Gasteiger partial charge on any atom is 0.416 e. The summed E-state index contributed by atoms with van der Waals surface area (Å²) >= 11 is 0. The Bertz CT molecular complexity index is 802. The predicted octanol–water partition coefficient (Wildman–Crippen LogP) is 2.46. The van der Waals surface area contributed by atoms with E-state index in [2.05, 4.69) is 10.4 Å². The van der Waals surface area contributed by atoms with E-state index >= 15 is 0 Å². The van der Waals surface area contributed by atoms with Gasteiger partial charge in [0.25, 0.3) is 5.56 Å². The second-order valence-corrected chi connectivity index (χ2v) is 5.15. The van der Waals surface area contributed by atoms with Crippen molar-refractivity contribution < 1.29 is 18.0 Å². The fourth-order valence-corrected chi connectivity index (χ4v) is 2.02. The Labute approximate surface area is 135 Å². The van der Waals surface area contributed by atoms with Gasteiger partial charge in [-0.15, -0.1) is 0 Å². The number of aryl methyl sites for hydroxylation is 1. The van der Waals surface area contributed by atoms with Crippen LogP contribution < -0.4 is 10.9 Å². The highest BCUT2D eigenvalue weighted by atomic mass is 19.4. The van der Waals surface area contributed by atoms with Crippen LogP contribution in [0.15, 0.2) is 41.3 Å². The number of halogens is 3. The highest BCUT2D eigenvalue weighted by Gasteiger charge is 2.33. The van der Waals surface area contributed by atoms with Crippen molar-refractivity contribution >= 4 is 11.7 Å². The van der Waals surface area contributed by atoms with Gasteiger partial charge < -0.3 is 10.2 Å². The number of amides is 2. The number of rotatable bonds is 3. The Morgan fingerprint density at radius 1 is 1.33 bits per heavy atom. The molecule has 6 nitrogen and oxygen atoms in total. The molecule has 2 rings (SSSR count). The molecule has 1 aromatic carbocycles. The van der Waals surface area contributed by atoms with Crippen molar-refractivity contribution in [1.29, 1.82) is 0 Å². The zero-order valence-electron chi connectivity index (χ0n) is 13.0. The van der Waals surface area contributed by atoms with Crippen LogP contribution in [-0.4, -0.2) is 27.8 Å². The molecule has 0 saturated heterocycles. The normalized spacial score (nSPS) is 11.2. The van der Waals surface area contributed by atoms with Crippen LogP contribution in [0, 0.1) is 0 Å². The number of benzene rings is 1. The molecule has 1 aromatic heterocycles. The molecule has 0 aliphatic carbocycles. The fourth-order valence-electron chi connectivity index (χ4n) is 2.02. The van der Waals surface area contributed by atoms with E-state index in [0.29, 0.717) is 0 Å². The number of nitrogens with one attached hydrogen (secondary N) is 1. The van der Waals surface area contributed by atoms with E-state index in [1.807, 2.05) is 0 Å². The summed E-state index contributed by atoms with van der Waals surface area (Å²) < 4.78 is 40.0. The number of carbonyl (C=O) groups is 1. The third-order valence-electron chi connectivity index (χ3n) is 3.30. The fraction of sp³-hybridized carbons (Fsp3) is 0.267. The minimum Gasteiger partial charge on any atom is -0.323 e. The van der Waals surface area contributed by atoms with E-state index in [0.717, 1.165) is 15.6 Å². The summed E-state index contributed by atoms with van der Waals surface area (Å²) in [5.74, 6) is 0. The van der Waals surface area contributed by atoms with Crippen molar-refractivity contribution in [2.75, 3.05) is 12.4 Å². The first-order valence-corrected chi connectivity index (χ1v) is 6.89. The van der Waals surface area contributed by atoms with Gasteiger partial charge in [0, 0.05) is 26.7 Å². The summed E-state index contributed by atoms with van der Waals surface area (Å²) in [4.78, 5) is 24.6. The first kappa shape index (κ1) is 17.5. The van der Waals surface area contributed by atoms with E-state index < -0.39 is 23.3 Å². The summed E-state index contributed by atoms with van der Waals surface area (Å²) in [6.45, 7) is -0.236. The molecule has 1 N–H and O–H groups in total. The van der Waals surface area contributed by atoms with Gasteiger partial charge >= 0.3 is 12.2 Å². The van der Waals surface area contributed by atoms with Gasteiger partial charge in [0.1, 0.15) is 0 Å². The summed E-state index contributed by atoms with van der Waals surface area (Å²) in [6, 6.07) is 5.56. The summed E-state index contributed by atoms with van der Waals surface area (Å²) in [5.41, 5.74) is -1.07.